The number of furan rings is 1. The lowest BCUT2D eigenvalue weighted by atomic mass is 10.1. The number of hydrogen-bond donors (Lipinski definition) is 1. The Hall–Kier alpha value is -2.04. The van der Waals surface area contributed by atoms with E-state index in [0.29, 0.717) is 0 Å². The number of hydrogen-bond acceptors (Lipinski definition) is 3. The van der Waals surface area contributed by atoms with E-state index in [1.165, 1.54) is 0 Å². The average Bonchev–Trinajstić information content (AvgIpc) is 3.21. The van der Waals surface area contributed by atoms with Gasteiger partial charge >= 0.3 is 0 Å². The minimum atomic E-state index is 0.726. The van der Waals surface area contributed by atoms with Crippen molar-refractivity contribution in [3.8, 4) is 11.3 Å². The molecule has 23 heavy (non-hydrogen) atoms. The van der Waals surface area contributed by atoms with Gasteiger partial charge in [0, 0.05) is 29.5 Å². The van der Waals surface area contributed by atoms with Crippen LogP contribution in [0.2, 0.25) is 5.02 Å². The lowest BCUT2D eigenvalue weighted by molar-refractivity contribution is 0.484. The minimum absolute atomic E-state index is 0.726. The summed E-state index contributed by atoms with van der Waals surface area (Å²) in [5.74, 6) is 1.78. The van der Waals surface area contributed by atoms with Crippen molar-refractivity contribution < 1.29 is 4.42 Å². The zero-order chi connectivity index (χ0) is 16.1. The molecule has 0 unspecified atom stereocenters. The van der Waals surface area contributed by atoms with Crippen LogP contribution in [0.3, 0.4) is 0 Å². The largest absolute Gasteiger partial charge is 0.460 e. The number of rotatable bonds is 7. The van der Waals surface area contributed by atoms with Crippen molar-refractivity contribution in [1.29, 1.82) is 0 Å². The van der Waals surface area contributed by atoms with E-state index in [1.807, 2.05) is 49.8 Å². The summed E-state index contributed by atoms with van der Waals surface area (Å²) in [7, 11) is 0. The van der Waals surface area contributed by atoms with Gasteiger partial charge in [0.05, 0.1) is 12.9 Å². The second kappa shape index (κ2) is 7.49. The topological polar surface area (TPSA) is 43.0 Å². The van der Waals surface area contributed by atoms with Crippen molar-refractivity contribution in [1.82, 2.24) is 14.9 Å². The van der Waals surface area contributed by atoms with Crippen molar-refractivity contribution in [3.63, 3.8) is 0 Å². The summed E-state index contributed by atoms with van der Waals surface area (Å²) in [5.41, 5.74) is 2.08. The molecule has 3 aromatic rings. The number of nitrogens with zero attached hydrogens (tertiary/aromatic N) is 2. The van der Waals surface area contributed by atoms with Crippen LogP contribution < -0.4 is 5.32 Å². The molecule has 120 valence electrons. The first-order chi connectivity index (χ1) is 11.2. The van der Waals surface area contributed by atoms with Gasteiger partial charge in [0.1, 0.15) is 11.5 Å². The maximum Gasteiger partial charge on any atom is 0.134 e. The van der Waals surface area contributed by atoms with Gasteiger partial charge in [0.25, 0.3) is 0 Å². The third-order valence-electron chi connectivity index (χ3n) is 3.75. The second-order valence-corrected chi connectivity index (χ2v) is 5.97. The maximum absolute atomic E-state index is 6.17. The summed E-state index contributed by atoms with van der Waals surface area (Å²) in [6.45, 7) is 4.62. The molecule has 0 fully saturated rings. The molecular formula is C18H20ClN3O. The van der Waals surface area contributed by atoms with E-state index in [-0.39, 0.29) is 0 Å². The molecule has 3 rings (SSSR count). The predicted molar refractivity (Wildman–Crippen MR) is 92.4 cm³/mol. The zero-order valence-corrected chi connectivity index (χ0v) is 13.9. The molecule has 4 nitrogen and oxygen atoms in total. The van der Waals surface area contributed by atoms with Crippen LogP contribution >= 0.6 is 11.6 Å². The summed E-state index contributed by atoms with van der Waals surface area (Å²) in [6.07, 6.45) is 6.67. The predicted octanol–water partition coefficient (Wildman–Crippen LogP) is 4.28. The van der Waals surface area contributed by atoms with E-state index in [2.05, 4.69) is 14.9 Å². The number of imidazole rings is 1. The van der Waals surface area contributed by atoms with Gasteiger partial charge in [-0.25, -0.2) is 4.98 Å². The number of aryl methyl sites for hydroxylation is 2. The van der Waals surface area contributed by atoms with Crippen LogP contribution in [0.25, 0.3) is 11.3 Å². The van der Waals surface area contributed by atoms with E-state index in [9.17, 15) is 0 Å². The number of benzene rings is 1. The van der Waals surface area contributed by atoms with Crippen LogP contribution in [-0.2, 0) is 13.1 Å². The molecule has 0 aliphatic rings. The highest BCUT2D eigenvalue weighted by Gasteiger charge is 2.06. The lowest BCUT2D eigenvalue weighted by Crippen LogP contribution is -2.15. The third kappa shape index (κ3) is 4.24. The third-order valence-corrected chi connectivity index (χ3v) is 4.15. The fourth-order valence-electron chi connectivity index (χ4n) is 2.39. The van der Waals surface area contributed by atoms with E-state index in [1.54, 1.807) is 6.20 Å². The van der Waals surface area contributed by atoms with Crippen molar-refractivity contribution in [2.45, 2.75) is 26.4 Å². The van der Waals surface area contributed by atoms with Gasteiger partial charge in [-0.3, -0.25) is 0 Å². The van der Waals surface area contributed by atoms with E-state index in [4.69, 9.17) is 16.0 Å². The minimum Gasteiger partial charge on any atom is -0.460 e. The molecule has 0 saturated carbocycles. The summed E-state index contributed by atoms with van der Waals surface area (Å²) < 4.78 is 7.96. The van der Waals surface area contributed by atoms with Gasteiger partial charge in [-0.2, -0.15) is 0 Å². The normalized spacial score (nSPS) is 11.0. The fraction of sp³-hybridized carbons (Fsp3) is 0.278. The number of aromatic nitrogens is 2. The Balaban J connectivity index is 1.48. The number of nitrogens with one attached hydrogen (secondary N) is 1. The van der Waals surface area contributed by atoms with Crippen LogP contribution in [0.15, 0.2) is 53.5 Å². The molecule has 5 heteroatoms. The molecule has 0 radical (unpaired) electrons. The molecule has 0 aliphatic carbocycles. The molecular weight excluding hydrogens is 310 g/mol. The van der Waals surface area contributed by atoms with Crippen LogP contribution in [-0.4, -0.2) is 16.1 Å². The highest BCUT2D eigenvalue weighted by atomic mass is 35.5. The second-order valence-electron chi connectivity index (χ2n) is 5.56. The van der Waals surface area contributed by atoms with Crippen LogP contribution in [0.1, 0.15) is 17.7 Å². The molecule has 1 N–H and O–H groups in total. The van der Waals surface area contributed by atoms with E-state index < -0.39 is 0 Å². The maximum atomic E-state index is 6.17. The quantitative estimate of drug-likeness (QED) is 0.658. The Labute approximate surface area is 141 Å². The summed E-state index contributed by atoms with van der Waals surface area (Å²) in [4.78, 5) is 4.03. The van der Waals surface area contributed by atoms with Gasteiger partial charge < -0.3 is 14.3 Å². The average molecular weight is 330 g/mol. The molecule has 0 aliphatic heterocycles. The summed E-state index contributed by atoms with van der Waals surface area (Å²) >= 11 is 6.17. The molecule has 0 bridgehead atoms. The fourth-order valence-corrected chi connectivity index (χ4v) is 2.57. The zero-order valence-electron chi connectivity index (χ0n) is 13.1. The SMILES string of the molecule is Cc1ccc(-c2ccc(CNCCCn3ccnc3)o2)cc1Cl. The Morgan fingerprint density at radius 3 is 2.96 bits per heavy atom. The van der Waals surface area contributed by atoms with Crippen molar-refractivity contribution in [2.75, 3.05) is 6.54 Å². The number of halogens is 1. The lowest BCUT2D eigenvalue weighted by Gasteiger charge is -2.04. The van der Waals surface area contributed by atoms with Gasteiger partial charge in [-0.15, -0.1) is 0 Å². The van der Waals surface area contributed by atoms with Crippen molar-refractivity contribution in [3.05, 3.63) is 65.4 Å². The smallest absolute Gasteiger partial charge is 0.134 e. The van der Waals surface area contributed by atoms with E-state index in [0.717, 1.165) is 53.7 Å². The Kier molecular flexibility index (Phi) is 5.16. The highest BCUT2D eigenvalue weighted by Crippen LogP contribution is 2.26. The first-order valence-electron chi connectivity index (χ1n) is 7.74. The van der Waals surface area contributed by atoms with Crippen LogP contribution in [0, 0.1) is 6.92 Å². The highest BCUT2D eigenvalue weighted by molar-refractivity contribution is 6.31. The van der Waals surface area contributed by atoms with E-state index >= 15 is 0 Å². The van der Waals surface area contributed by atoms with Gasteiger partial charge in [-0.05, 0) is 43.7 Å². The Morgan fingerprint density at radius 2 is 2.17 bits per heavy atom. The van der Waals surface area contributed by atoms with Gasteiger partial charge in [0.15, 0.2) is 0 Å². The Morgan fingerprint density at radius 1 is 1.26 bits per heavy atom. The first kappa shape index (κ1) is 15.8. The van der Waals surface area contributed by atoms with Gasteiger partial charge in [0.2, 0.25) is 0 Å². The Bertz CT molecular complexity index is 749. The summed E-state index contributed by atoms with van der Waals surface area (Å²) in [5, 5.41) is 4.16. The molecule has 2 aromatic heterocycles. The molecule has 1 aromatic carbocycles. The molecule has 0 spiro atoms. The van der Waals surface area contributed by atoms with Crippen molar-refractivity contribution in [2.24, 2.45) is 0 Å². The summed E-state index contributed by atoms with van der Waals surface area (Å²) in [6, 6.07) is 9.98. The van der Waals surface area contributed by atoms with Crippen LogP contribution in [0.5, 0.6) is 0 Å². The standard InChI is InChI=1S/C18H20ClN3O/c1-14-3-4-15(11-17(14)19)18-6-5-16(23-18)12-20-7-2-9-22-10-8-21-13-22/h3-6,8,10-11,13,20H,2,7,9,12H2,1H3. The molecule has 0 saturated heterocycles. The van der Waals surface area contributed by atoms with Crippen molar-refractivity contribution >= 4 is 11.6 Å². The van der Waals surface area contributed by atoms with Crippen LogP contribution in [0.4, 0.5) is 0 Å². The van der Waals surface area contributed by atoms with Gasteiger partial charge in [-0.1, -0.05) is 23.7 Å². The monoisotopic (exact) mass is 329 g/mol. The first-order valence-corrected chi connectivity index (χ1v) is 8.12. The molecule has 0 atom stereocenters. The molecule has 0 amide bonds. The molecule has 2 heterocycles.